The molecule has 0 aliphatic carbocycles. The van der Waals surface area contributed by atoms with Gasteiger partial charge in [0.2, 0.25) is 5.91 Å². The lowest BCUT2D eigenvalue weighted by Crippen LogP contribution is -2.46. The van der Waals surface area contributed by atoms with Crippen molar-refractivity contribution in [1.29, 1.82) is 0 Å². The van der Waals surface area contributed by atoms with Crippen LogP contribution in [0, 0.1) is 5.82 Å². The van der Waals surface area contributed by atoms with Gasteiger partial charge in [0.25, 0.3) is 5.91 Å². The molecule has 3 rings (SSSR count). The van der Waals surface area contributed by atoms with Gasteiger partial charge in [-0.25, -0.2) is 9.18 Å². The van der Waals surface area contributed by atoms with Crippen molar-refractivity contribution in [2.45, 2.75) is 24.9 Å². The highest BCUT2D eigenvalue weighted by atomic mass is 19.1. The van der Waals surface area contributed by atoms with E-state index < -0.39 is 23.3 Å². The van der Waals surface area contributed by atoms with Crippen LogP contribution < -0.4 is 16.0 Å². The van der Waals surface area contributed by atoms with E-state index in [9.17, 15) is 18.8 Å². The number of rotatable bonds is 4. The van der Waals surface area contributed by atoms with Gasteiger partial charge in [-0.15, -0.1) is 0 Å². The molecule has 2 aliphatic heterocycles. The van der Waals surface area contributed by atoms with E-state index in [0.29, 0.717) is 12.1 Å². The molecule has 0 spiro atoms. The second-order valence-corrected chi connectivity index (χ2v) is 6.21. The van der Waals surface area contributed by atoms with Gasteiger partial charge in [0.15, 0.2) is 0 Å². The van der Waals surface area contributed by atoms with Gasteiger partial charge in [-0.3, -0.25) is 14.5 Å². The lowest BCUT2D eigenvalue weighted by Gasteiger charge is -2.22. The third-order valence-electron chi connectivity index (χ3n) is 4.42. The number of carbonyl (C=O) groups excluding carboxylic acids is 3. The molecular formula is C16H19FN4O3. The minimum absolute atomic E-state index is 0.0155. The minimum Gasteiger partial charge on any atom is -0.350 e. The zero-order valence-corrected chi connectivity index (χ0v) is 13.3. The molecule has 2 saturated heterocycles. The molecule has 3 N–H and O–H groups in total. The van der Waals surface area contributed by atoms with Crippen LogP contribution in [0.4, 0.5) is 9.18 Å². The van der Waals surface area contributed by atoms with Crippen molar-refractivity contribution in [3.63, 3.8) is 0 Å². The first-order valence-electron chi connectivity index (χ1n) is 7.80. The first kappa shape index (κ1) is 16.4. The molecule has 1 aromatic rings. The Labute approximate surface area is 138 Å². The van der Waals surface area contributed by atoms with Crippen molar-refractivity contribution in [3.05, 3.63) is 35.6 Å². The Hall–Kier alpha value is -2.48. The predicted octanol–water partition coefficient (Wildman–Crippen LogP) is 0.0708. The van der Waals surface area contributed by atoms with E-state index >= 15 is 0 Å². The Bertz CT molecular complexity index is 672. The Morgan fingerprint density at radius 3 is 2.71 bits per heavy atom. The van der Waals surface area contributed by atoms with E-state index in [4.69, 9.17) is 0 Å². The van der Waals surface area contributed by atoms with Crippen molar-refractivity contribution in [3.8, 4) is 0 Å². The third kappa shape index (κ3) is 2.96. The number of amides is 4. The molecule has 4 amide bonds. The van der Waals surface area contributed by atoms with E-state index in [-0.39, 0.29) is 18.5 Å². The monoisotopic (exact) mass is 334 g/mol. The number of hydrogen-bond acceptors (Lipinski definition) is 4. The molecular weight excluding hydrogens is 315 g/mol. The predicted molar refractivity (Wildman–Crippen MR) is 83.4 cm³/mol. The third-order valence-corrected chi connectivity index (χ3v) is 4.42. The molecule has 8 heteroatoms. The van der Waals surface area contributed by atoms with Crippen LogP contribution in [0.15, 0.2) is 24.3 Å². The summed E-state index contributed by atoms with van der Waals surface area (Å²) in [6.45, 7) is 2.72. The van der Waals surface area contributed by atoms with Gasteiger partial charge in [0.1, 0.15) is 17.9 Å². The lowest BCUT2D eigenvalue weighted by atomic mass is 9.92. The van der Waals surface area contributed by atoms with Crippen LogP contribution in [0.2, 0.25) is 0 Å². The molecule has 1 aromatic carbocycles. The standard InChI is InChI=1S/C16H19FN4O3/c1-16(10-2-4-11(17)5-3-10)14(23)21(15(24)20-16)9-13(22)19-12-6-7-18-8-12/h2-5,12,18H,6-9H2,1H3,(H,19,22)(H,20,24)/t12-,16+/m1/s1. The number of halogens is 1. The quantitative estimate of drug-likeness (QED) is 0.680. The Morgan fingerprint density at radius 1 is 1.38 bits per heavy atom. The Morgan fingerprint density at radius 2 is 2.08 bits per heavy atom. The maximum absolute atomic E-state index is 13.1. The zero-order valence-electron chi connectivity index (χ0n) is 13.3. The smallest absolute Gasteiger partial charge is 0.325 e. The summed E-state index contributed by atoms with van der Waals surface area (Å²) in [6, 6.07) is 4.72. The van der Waals surface area contributed by atoms with E-state index in [1.54, 1.807) is 6.92 Å². The van der Waals surface area contributed by atoms with Gasteiger partial charge in [-0.2, -0.15) is 0 Å². The largest absolute Gasteiger partial charge is 0.350 e. The molecule has 24 heavy (non-hydrogen) atoms. The van der Waals surface area contributed by atoms with E-state index in [0.717, 1.165) is 17.9 Å². The minimum atomic E-state index is -1.31. The highest BCUT2D eigenvalue weighted by molar-refractivity contribution is 6.09. The average molecular weight is 334 g/mol. The van der Waals surface area contributed by atoms with Crippen LogP contribution in [0.3, 0.4) is 0 Å². The molecule has 7 nitrogen and oxygen atoms in total. The zero-order chi connectivity index (χ0) is 17.3. The van der Waals surface area contributed by atoms with Crippen LogP contribution in [-0.4, -0.2) is 48.4 Å². The first-order valence-corrected chi connectivity index (χ1v) is 7.80. The maximum atomic E-state index is 13.1. The molecule has 0 unspecified atom stereocenters. The SMILES string of the molecule is C[C@@]1(c2ccc(F)cc2)NC(=O)N(CC(=O)N[C@@H]2CCNC2)C1=O. The van der Waals surface area contributed by atoms with Gasteiger partial charge in [0, 0.05) is 12.6 Å². The Kier molecular flexibility index (Phi) is 4.23. The van der Waals surface area contributed by atoms with Gasteiger partial charge in [-0.1, -0.05) is 12.1 Å². The summed E-state index contributed by atoms with van der Waals surface area (Å²) in [5.74, 6) is -1.34. The van der Waals surface area contributed by atoms with Crippen LogP contribution in [-0.2, 0) is 15.1 Å². The summed E-state index contributed by atoms with van der Waals surface area (Å²) in [5.41, 5.74) is -0.842. The van der Waals surface area contributed by atoms with Gasteiger partial charge < -0.3 is 16.0 Å². The van der Waals surface area contributed by atoms with Crippen LogP contribution in [0.5, 0.6) is 0 Å². The van der Waals surface area contributed by atoms with Crippen molar-refractivity contribution < 1.29 is 18.8 Å². The summed E-state index contributed by atoms with van der Waals surface area (Å²) >= 11 is 0. The first-order chi connectivity index (χ1) is 11.4. The molecule has 0 radical (unpaired) electrons. The lowest BCUT2D eigenvalue weighted by molar-refractivity contribution is -0.135. The van der Waals surface area contributed by atoms with Crippen molar-refractivity contribution >= 4 is 17.8 Å². The van der Waals surface area contributed by atoms with Gasteiger partial charge in [0.05, 0.1) is 0 Å². The molecule has 2 aliphatic rings. The van der Waals surface area contributed by atoms with Crippen LogP contribution in [0.1, 0.15) is 18.9 Å². The summed E-state index contributed by atoms with van der Waals surface area (Å²) in [6.07, 6.45) is 0.819. The fourth-order valence-electron chi connectivity index (χ4n) is 3.01. The molecule has 2 fully saturated rings. The molecule has 0 aromatic heterocycles. The number of carbonyl (C=O) groups is 3. The fourth-order valence-corrected chi connectivity index (χ4v) is 3.01. The molecule has 0 bridgehead atoms. The highest BCUT2D eigenvalue weighted by Crippen LogP contribution is 2.28. The number of imide groups is 1. The van der Waals surface area contributed by atoms with Crippen LogP contribution >= 0.6 is 0 Å². The second-order valence-electron chi connectivity index (χ2n) is 6.21. The van der Waals surface area contributed by atoms with Crippen molar-refractivity contribution in [2.24, 2.45) is 0 Å². The maximum Gasteiger partial charge on any atom is 0.325 e. The fraction of sp³-hybridized carbons (Fsp3) is 0.438. The summed E-state index contributed by atoms with van der Waals surface area (Å²) in [4.78, 5) is 37.8. The topological polar surface area (TPSA) is 90.5 Å². The number of nitrogens with one attached hydrogen (secondary N) is 3. The summed E-state index contributed by atoms with van der Waals surface area (Å²) in [5, 5.41) is 8.51. The number of benzene rings is 1. The molecule has 0 saturated carbocycles. The van der Waals surface area contributed by atoms with Crippen LogP contribution in [0.25, 0.3) is 0 Å². The Balaban J connectivity index is 1.71. The van der Waals surface area contributed by atoms with E-state index in [2.05, 4.69) is 16.0 Å². The molecule has 2 heterocycles. The molecule has 2 atom stereocenters. The van der Waals surface area contributed by atoms with E-state index in [1.807, 2.05) is 0 Å². The van der Waals surface area contributed by atoms with Crippen molar-refractivity contribution in [2.75, 3.05) is 19.6 Å². The normalized spacial score (nSPS) is 26.6. The second kappa shape index (κ2) is 6.20. The summed E-state index contributed by atoms with van der Waals surface area (Å²) < 4.78 is 13.1. The number of hydrogen-bond donors (Lipinski definition) is 3. The van der Waals surface area contributed by atoms with E-state index in [1.165, 1.54) is 24.3 Å². The average Bonchev–Trinajstić information content (AvgIpc) is 3.11. The number of urea groups is 1. The van der Waals surface area contributed by atoms with Crippen molar-refractivity contribution in [1.82, 2.24) is 20.9 Å². The molecule has 128 valence electrons. The van der Waals surface area contributed by atoms with Gasteiger partial charge in [-0.05, 0) is 37.6 Å². The summed E-state index contributed by atoms with van der Waals surface area (Å²) in [7, 11) is 0. The highest BCUT2D eigenvalue weighted by Gasteiger charge is 2.49. The number of nitrogens with zero attached hydrogens (tertiary/aromatic N) is 1. The van der Waals surface area contributed by atoms with Gasteiger partial charge >= 0.3 is 6.03 Å².